The maximum atomic E-state index is 5.75. The molecule has 0 aliphatic carbocycles. The standard InChI is InChI=1S/C15H17N3S/c1-3-18(12-8-6-11(2)7-9-12)13-5-4-10-17-14(13)15(16)19/h4-10H,3H2,1-2H3,(H2,16,19). The van der Waals surface area contributed by atoms with Crippen molar-refractivity contribution in [3.05, 3.63) is 53.9 Å². The molecule has 0 atom stereocenters. The molecule has 3 nitrogen and oxygen atoms in total. The van der Waals surface area contributed by atoms with Crippen LogP contribution in [0.3, 0.4) is 0 Å². The van der Waals surface area contributed by atoms with Crippen LogP contribution in [0, 0.1) is 6.92 Å². The molecular formula is C15H17N3S. The molecule has 98 valence electrons. The first-order chi connectivity index (χ1) is 9.13. The third-order valence-electron chi connectivity index (χ3n) is 2.97. The molecule has 4 heteroatoms. The zero-order chi connectivity index (χ0) is 13.8. The number of nitrogens with two attached hydrogens (primary N) is 1. The summed E-state index contributed by atoms with van der Waals surface area (Å²) >= 11 is 5.08. The van der Waals surface area contributed by atoms with Gasteiger partial charge in [0, 0.05) is 18.4 Å². The number of anilines is 2. The zero-order valence-electron chi connectivity index (χ0n) is 11.1. The van der Waals surface area contributed by atoms with Crippen LogP contribution in [0.5, 0.6) is 0 Å². The van der Waals surface area contributed by atoms with Gasteiger partial charge < -0.3 is 10.6 Å². The van der Waals surface area contributed by atoms with Crippen LogP contribution in [0.2, 0.25) is 0 Å². The summed E-state index contributed by atoms with van der Waals surface area (Å²) in [6.45, 7) is 4.99. The van der Waals surface area contributed by atoms with E-state index in [2.05, 4.69) is 48.0 Å². The summed E-state index contributed by atoms with van der Waals surface area (Å²) in [5.74, 6) is 0. The van der Waals surface area contributed by atoms with Gasteiger partial charge in [-0.3, -0.25) is 4.98 Å². The largest absolute Gasteiger partial charge is 0.388 e. The van der Waals surface area contributed by atoms with Crippen LogP contribution >= 0.6 is 12.2 Å². The SMILES string of the molecule is CCN(c1ccc(C)cc1)c1cccnc1C(N)=S. The lowest BCUT2D eigenvalue weighted by Gasteiger charge is -2.25. The molecule has 0 fully saturated rings. The highest BCUT2D eigenvalue weighted by atomic mass is 32.1. The van der Waals surface area contributed by atoms with Gasteiger partial charge in [0.05, 0.1) is 5.69 Å². The number of thiocarbonyl (C=S) groups is 1. The monoisotopic (exact) mass is 271 g/mol. The van der Waals surface area contributed by atoms with Gasteiger partial charge in [0.2, 0.25) is 0 Å². The topological polar surface area (TPSA) is 42.2 Å². The normalized spacial score (nSPS) is 10.2. The summed E-state index contributed by atoms with van der Waals surface area (Å²) in [5, 5.41) is 0. The first-order valence-electron chi connectivity index (χ1n) is 6.22. The Hall–Kier alpha value is -1.94. The van der Waals surface area contributed by atoms with E-state index in [1.165, 1.54) is 5.56 Å². The summed E-state index contributed by atoms with van der Waals surface area (Å²) < 4.78 is 0. The van der Waals surface area contributed by atoms with E-state index in [1.54, 1.807) is 6.20 Å². The summed E-state index contributed by atoms with van der Waals surface area (Å²) in [5.41, 5.74) is 9.71. The van der Waals surface area contributed by atoms with E-state index in [9.17, 15) is 0 Å². The Morgan fingerprint density at radius 2 is 1.95 bits per heavy atom. The molecule has 1 aromatic heterocycles. The number of hydrogen-bond acceptors (Lipinski definition) is 3. The van der Waals surface area contributed by atoms with Gasteiger partial charge in [-0.1, -0.05) is 29.9 Å². The number of pyridine rings is 1. The van der Waals surface area contributed by atoms with Crippen molar-refractivity contribution in [3.8, 4) is 0 Å². The lowest BCUT2D eigenvalue weighted by atomic mass is 10.2. The van der Waals surface area contributed by atoms with Crippen LogP contribution in [0.15, 0.2) is 42.6 Å². The van der Waals surface area contributed by atoms with E-state index in [0.29, 0.717) is 10.7 Å². The zero-order valence-corrected chi connectivity index (χ0v) is 11.9. The van der Waals surface area contributed by atoms with Gasteiger partial charge in [0.1, 0.15) is 10.7 Å². The Morgan fingerprint density at radius 3 is 2.53 bits per heavy atom. The van der Waals surface area contributed by atoms with Gasteiger partial charge in [-0.05, 0) is 38.1 Å². The number of rotatable bonds is 4. The molecule has 2 rings (SSSR count). The maximum Gasteiger partial charge on any atom is 0.124 e. The Balaban J connectivity index is 2.48. The second-order valence-electron chi connectivity index (χ2n) is 4.32. The molecule has 2 N–H and O–H groups in total. The Bertz CT molecular complexity index is 578. The highest BCUT2D eigenvalue weighted by Crippen LogP contribution is 2.27. The van der Waals surface area contributed by atoms with Crippen molar-refractivity contribution >= 4 is 28.6 Å². The Morgan fingerprint density at radius 1 is 1.26 bits per heavy atom. The smallest absolute Gasteiger partial charge is 0.124 e. The van der Waals surface area contributed by atoms with Crippen LogP contribution in [0.1, 0.15) is 18.2 Å². The minimum absolute atomic E-state index is 0.321. The molecule has 0 aliphatic rings. The fourth-order valence-electron chi connectivity index (χ4n) is 2.02. The first-order valence-corrected chi connectivity index (χ1v) is 6.63. The van der Waals surface area contributed by atoms with E-state index in [0.717, 1.165) is 17.9 Å². The summed E-state index contributed by atoms with van der Waals surface area (Å²) in [7, 11) is 0. The number of aryl methyl sites for hydroxylation is 1. The first kappa shape index (κ1) is 13.5. The second kappa shape index (κ2) is 5.80. The molecular weight excluding hydrogens is 254 g/mol. The number of benzene rings is 1. The number of nitrogens with zero attached hydrogens (tertiary/aromatic N) is 2. The maximum absolute atomic E-state index is 5.75. The molecule has 0 aliphatic heterocycles. The highest BCUT2D eigenvalue weighted by molar-refractivity contribution is 7.80. The third kappa shape index (κ3) is 2.90. The van der Waals surface area contributed by atoms with Crippen molar-refractivity contribution in [3.63, 3.8) is 0 Å². The van der Waals surface area contributed by atoms with Crippen LogP contribution in [-0.4, -0.2) is 16.5 Å². The Kier molecular flexibility index (Phi) is 4.12. The minimum atomic E-state index is 0.321. The van der Waals surface area contributed by atoms with Gasteiger partial charge >= 0.3 is 0 Å². The molecule has 0 amide bonds. The molecule has 1 heterocycles. The molecule has 0 unspecified atom stereocenters. The van der Waals surface area contributed by atoms with Crippen LogP contribution in [0.4, 0.5) is 11.4 Å². The molecule has 0 spiro atoms. The highest BCUT2D eigenvalue weighted by Gasteiger charge is 2.13. The summed E-state index contributed by atoms with van der Waals surface area (Å²) in [4.78, 5) is 6.76. The van der Waals surface area contributed by atoms with E-state index >= 15 is 0 Å². The molecule has 2 aromatic rings. The van der Waals surface area contributed by atoms with E-state index in [1.807, 2.05) is 12.1 Å². The average molecular weight is 271 g/mol. The molecule has 0 radical (unpaired) electrons. The lowest BCUT2D eigenvalue weighted by molar-refractivity contribution is 1.01. The average Bonchev–Trinajstić information content (AvgIpc) is 2.42. The summed E-state index contributed by atoms with van der Waals surface area (Å²) in [6, 6.07) is 12.3. The second-order valence-corrected chi connectivity index (χ2v) is 4.76. The van der Waals surface area contributed by atoms with Gasteiger partial charge in [-0.2, -0.15) is 0 Å². The predicted molar refractivity (Wildman–Crippen MR) is 84.0 cm³/mol. The van der Waals surface area contributed by atoms with Crippen molar-refractivity contribution in [1.29, 1.82) is 0 Å². The van der Waals surface area contributed by atoms with Crippen molar-refractivity contribution in [2.24, 2.45) is 5.73 Å². The van der Waals surface area contributed by atoms with Crippen LogP contribution in [-0.2, 0) is 0 Å². The quantitative estimate of drug-likeness (QED) is 0.867. The minimum Gasteiger partial charge on any atom is -0.388 e. The van der Waals surface area contributed by atoms with Crippen molar-refractivity contribution in [2.45, 2.75) is 13.8 Å². The predicted octanol–water partition coefficient (Wildman–Crippen LogP) is 3.18. The molecule has 0 saturated carbocycles. The number of aromatic nitrogens is 1. The van der Waals surface area contributed by atoms with Crippen molar-refractivity contribution < 1.29 is 0 Å². The van der Waals surface area contributed by atoms with E-state index in [4.69, 9.17) is 18.0 Å². The third-order valence-corrected chi connectivity index (χ3v) is 3.17. The Labute approximate surface area is 119 Å². The van der Waals surface area contributed by atoms with Gasteiger partial charge in [-0.25, -0.2) is 0 Å². The van der Waals surface area contributed by atoms with E-state index in [-0.39, 0.29) is 0 Å². The molecule has 0 bridgehead atoms. The van der Waals surface area contributed by atoms with Crippen LogP contribution in [0.25, 0.3) is 0 Å². The molecule has 0 saturated heterocycles. The van der Waals surface area contributed by atoms with Crippen LogP contribution < -0.4 is 10.6 Å². The fraction of sp³-hybridized carbons (Fsp3) is 0.200. The van der Waals surface area contributed by atoms with Gasteiger partial charge in [0.15, 0.2) is 0 Å². The summed E-state index contributed by atoms with van der Waals surface area (Å²) in [6.07, 6.45) is 1.71. The van der Waals surface area contributed by atoms with E-state index < -0.39 is 0 Å². The number of hydrogen-bond donors (Lipinski definition) is 1. The van der Waals surface area contributed by atoms with Crippen molar-refractivity contribution in [1.82, 2.24) is 4.98 Å². The van der Waals surface area contributed by atoms with Gasteiger partial charge in [-0.15, -0.1) is 0 Å². The van der Waals surface area contributed by atoms with Gasteiger partial charge in [0.25, 0.3) is 0 Å². The van der Waals surface area contributed by atoms with Crippen molar-refractivity contribution in [2.75, 3.05) is 11.4 Å². The fourth-order valence-corrected chi connectivity index (χ4v) is 2.18. The molecule has 19 heavy (non-hydrogen) atoms. The molecule has 1 aromatic carbocycles. The lowest BCUT2D eigenvalue weighted by Crippen LogP contribution is -2.22.